The third-order valence-electron chi connectivity index (χ3n) is 2.30. The van der Waals surface area contributed by atoms with Gasteiger partial charge in [0, 0.05) is 12.5 Å². The number of nitrogens with one attached hydrogen (secondary N) is 1. The zero-order valence-corrected chi connectivity index (χ0v) is 10.3. The number of carbonyl (C=O) groups is 1. The molecule has 0 aliphatic carbocycles. The van der Waals surface area contributed by atoms with Crippen LogP contribution < -0.4 is 5.32 Å². The highest BCUT2D eigenvalue weighted by molar-refractivity contribution is 5.76. The lowest BCUT2D eigenvalue weighted by Gasteiger charge is -2.24. The van der Waals surface area contributed by atoms with Gasteiger partial charge in [-0.15, -0.1) is 0 Å². The first kappa shape index (κ1) is 13.5. The summed E-state index contributed by atoms with van der Waals surface area (Å²) in [5, 5.41) is 2.94. The van der Waals surface area contributed by atoms with E-state index in [9.17, 15) is 4.79 Å². The van der Waals surface area contributed by atoms with E-state index in [1.54, 1.807) is 0 Å². The molecule has 2 heteroatoms. The Morgan fingerprint density at radius 2 is 1.93 bits per heavy atom. The maximum atomic E-state index is 11.5. The monoisotopic (exact) mass is 199 g/mol. The topological polar surface area (TPSA) is 29.1 Å². The molecule has 0 aliphatic heterocycles. The Hall–Kier alpha value is -0.530. The van der Waals surface area contributed by atoms with Gasteiger partial charge in [0.05, 0.1) is 0 Å². The normalized spacial score (nSPS) is 11.9. The summed E-state index contributed by atoms with van der Waals surface area (Å²) in [5.41, 5.74) is 0.148. The quantitative estimate of drug-likeness (QED) is 0.699. The highest BCUT2D eigenvalue weighted by Crippen LogP contribution is 2.27. The van der Waals surface area contributed by atoms with E-state index in [-0.39, 0.29) is 17.4 Å². The summed E-state index contributed by atoms with van der Waals surface area (Å²) in [6.45, 7) is 10.5. The molecular weight excluding hydrogens is 174 g/mol. The van der Waals surface area contributed by atoms with E-state index in [1.807, 2.05) is 13.8 Å². The standard InChI is InChI=1S/C12H25NO/c1-6-7-8-12(4,5)9-11(14)13-10(2)3/h10H,6-9H2,1-5H3,(H,13,14). The highest BCUT2D eigenvalue weighted by atomic mass is 16.1. The summed E-state index contributed by atoms with van der Waals surface area (Å²) in [6, 6.07) is 0.254. The second kappa shape index (κ2) is 6.05. The number of rotatable bonds is 6. The summed E-state index contributed by atoms with van der Waals surface area (Å²) < 4.78 is 0. The fourth-order valence-corrected chi connectivity index (χ4v) is 1.55. The molecule has 0 fully saturated rings. The number of hydrogen-bond donors (Lipinski definition) is 1. The van der Waals surface area contributed by atoms with Crippen LogP contribution in [0.4, 0.5) is 0 Å². The van der Waals surface area contributed by atoms with Crippen molar-refractivity contribution < 1.29 is 4.79 Å². The minimum atomic E-state index is 0.148. The van der Waals surface area contributed by atoms with Crippen molar-refractivity contribution in [1.29, 1.82) is 0 Å². The van der Waals surface area contributed by atoms with Gasteiger partial charge in [0.25, 0.3) is 0 Å². The van der Waals surface area contributed by atoms with Crippen molar-refractivity contribution in [1.82, 2.24) is 5.32 Å². The van der Waals surface area contributed by atoms with Crippen LogP contribution in [0.3, 0.4) is 0 Å². The van der Waals surface area contributed by atoms with Crippen molar-refractivity contribution in [2.45, 2.75) is 66.3 Å². The van der Waals surface area contributed by atoms with Gasteiger partial charge >= 0.3 is 0 Å². The van der Waals surface area contributed by atoms with Crippen molar-refractivity contribution in [2.75, 3.05) is 0 Å². The van der Waals surface area contributed by atoms with Crippen molar-refractivity contribution in [2.24, 2.45) is 5.41 Å². The second-order valence-corrected chi connectivity index (χ2v) is 5.17. The molecule has 0 atom stereocenters. The molecule has 0 saturated carbocycles. The summed E-state index contributed by atoms with van der Waals surface area (Å²) in [5.74, 6) is 0.182. The molecule has 0 aromatic rings. The third kappa shape index (κ3) is 6.93. The molecule has 14 heavy (non-hydrogen) atoms. The average Bonchev–Trinajstić information content (AvgIpc) is 1.98. The van der Waals surface area contributed by atoms with E-state index in [4.69, 9.17) is 0 Å². The lowest BCUT2D eigenvalue weighted by atomic mass is 9.83. The maximum absolute atomic E-state index is 11.5. The Bertz CT molecular complexity index is 173. The van der Waals surface area contributed by atoms with E-state index in [2.05, 4.69) is 26.1 Å². The number of amides is 1. The molecule has 84 valence electrons. The average molecular weight is 199 g/mol. The fraction of sp³-hybridized carbons (Fsp3) is 0.917. The molecule has 1 amide bonds. The van der Waals surface area contributed by atoms with Gasteiger partial charge in [0.15, 0.2) is 0 Å². The Labute approximate surface area is 88.5 Å². The summed E-state index contributed by atoms with van der Waals surface area (Å²) in [6.07, 6.45) is 4.19. The summed E-state index contributed by atoms with van der Waals surface area (Å²) in [4.78, 5) is 11.5. The van der Waals surface area contributed by atoms with Gasteiger partial charge in [0.1, 0.15) is 0 Å². The van der Waals surface area contributed by atoms with Gasteiger partial charge in [-0.05, 0) is 25.7 Å². The lowest BCUT2D eigenvalue weighted by molar-refractivity contribution is -0.123. The maximum Gasteiger partial charge on any atom is 0.220 e. The molecule has 2 nitrogen and oxygen atoms in total. The Morgan fingerprint density at radius 3 is 2.36 bits per heavy atom. The lowest BCUT2D eigenvalue weighted by Crippen LogP contribution is -2.33. The fourth-order valence-electron chi connectivity index (χ4n) is 1.55. The van der Waals surface area contributed by atoms with E-state index in [0.717, 1.165) is 6.42 Å². The number of unbranched alkanes of at least 4 members (excludes halogenated alkanes) is 1. The minimum absolute atomic E-state index is 0.148. The molecule has 0 unspecified atom stereocenters. The SMILES string of the molecule is CCCCC(C)(C)CC(=O)NC(C)C. The van der Waals surface area contributed by atoms with Gasteiger partial charge in [-0.3, -0.25) is 4.79 Å². The zero-order valence-electron chi connectivity index (χ0n) is 10.3. The van der Waals surface area contributed by atoms with Crippen LogP contribution in [0.25, 0.3) is 0 Å². The molecule has 0 heterocycles. The van der Waals surface area contributed by atoms with Crippen molar-refractivity contribution in [3.05, 3.63) is 0 Å². The summed E-state index contributed by atoms with van der Waals surface area (Å²) in [7, 11) is 0. The number of hydrogen-bond acceptors (Lipinski definition) is 1. The van der Waals surface area contributed by atoms with Gasteiger partial charge in [-0.25, -0.2) is 0 Å². The summed E-state index contributed by atoms with van der Waals surface area (Å²) >= 11 is 0. The van der Waals surface area contributed by atoms with Crippen LogP contribution in [0.15, 0.2) is 0 Å². The Balaban J connectivity index is 3.88. The molecule has 1 N–H and O–H groups in total. The van der Waals surface area contributed by atoms with Crippen LogP contribution in [0.1, 0.15) is 60.3 Å². The Morgan fingerprint density at radius 1 is 1.36 bits per heavy atom. The zero-order chi connectivity index (χ0) is 11.2. The van der Waals surface area contributed by atoms with Crippen LogP contribution in [-0.4, -0.2) is 11.9 Å². The molecule has 0 rings (SSSR count). The van der Waals surface area contributed by atoms with Crippen LogP contribution in [-0.2, 0) is 4.79 Å². The largest absolute Gasteiger partial charge is 0.354 e. The van der Waals surface area contributed by atoms with Crippen molar-refractivity contribution in [3.63, 3.8) is 0 Å². The van der Waals surface area contributed by atoms with Crippen LogP contribution in [0.5, 0.6) is 0 Å². The van der Waals surface area contributed by atoms with E-state index in [0.29, 0.717) is 6.42 Å². The molecule has 0 aliphatic rings. The van der Waals surface area contributed by atoms with Gasteiger partial charge in [-0.2, -0.15) is 0 Å². The molecule has 0 saturated heterocycles. The molecule has 0 spiro atoms. The molecular formula is C12H25NO. The van der Waals surface area contributed by atoms with Crippen LogP contribution >= 0.6 is 0 Å². The Kier molecular flexibility index (Phi) is 5.82. The van der Waals surface area contributed by atoms with Crippen LogP contribution in [0.2, 0.25) is 0 Å². The molecule has 0 radical (unpaired) electrons. The number of carbonyl (C=O) groups excluding carboxylic acids is 1. The minimum Gasteiger partial charge on any atom is -0.354 e. The highest BCUT2D eigenvalue weighted by Gasteiger charge is 2.21. The van der Waals surface area contributed by atoms with E-state index < -0.39 is 0 Å². The first-order valence-electron chi connectivity index (χ1n) is 5.67. The third-order valence-corrected chi connectivity index (χ3v) is 2.30. The van der Waals surface area contributed by atoms with Gasteiger partial charge in [0.2, 0.25) is 5.91 Å². The van der Waals surface area contributed by atoms with E-state index in [1.165, 1.54) is 12.8 Å². The first-order valence-corrected chi connectivity index (χ1v) is 5.67. The van der Waals surface area contributed by atoms with Crippen LogP contribution in [0, 0.1) is 5.41 Å². The van der Waals surface area contributed by atoms with Gasteiger partial charge in [-0.1, -0.05) is 33.6 Å². The second-order valence-electron chi connectivity index (χ2n) is 5.17. The molecule has 0 bridgehead atoms. The predicted molar refractivity (Wildman–Crippen MR) is 61.2 cm³/mol. The van der Waals surface area contributed by atoms with Gasteiger partial charge < -0.3 is 5.32 Å². The predicted octanol–water partition coefficient (Wildman–Crippen LogP) is 3.12. The molecule has 0 aromatic heterocycles. The smallest absolute Gasteiger partial charge is 0.220 e. The van der Waals surface area contributed by atoms with E-state index >= 15 is 0 Å². The van der Waals surface area contributed by atoms with Crippen molar-refractivity contribution in [3.8, 4) is 0 Å². The van der Waals surface area contributed by atoms with Crippen molar-refractivity contribution >= 4 is 5.91 Å². The first-order chi connectivity index (χ1) is 6.37. The molecule has 0 aromatic carbocycles.